The van der Waals surface area contributed by atoms with Gasteiger partial charge in [-0.05, 0) is 34.7 Å². The van der Waals surface area contributed by atoms with Gasteiger partial charge in [0.1, 0.15) is 0 Å². The van der Waals surface area contributed by atoms with Gasteiger partial charge in [-0.25, -0.2) is 0 Å². The molecule has 0 bridgehead atoms. The molecule has 1 aromatic carbocycles. The number of hydrogen-bond donors (Lipinski definition) is 0. The first kappa shape index (κ1) is 8.54. The minimum absolute atomic E-state index is 0.890. The first-order valence-corrected chi connectivity index (χ1v) is 6.05. The van der Waals surface area contributed by atoms with Crippen molar-refractivity contribution in [3.05, 3.63) is 35.9 Å². The number of hydrogen-bond acceptors (Lipinski definition) is 0. The molecule has 1 aliphatic carbocycles. The van der Waals surface area contributed by atoms with Crippen molar-refractivity contribution in [3.63, 3.8) is 0 Å². The topological polar surface area (TPSA) is 0 Å². The van der Waals surface area contributed by atoms with Gasteiger partial charge in [0, 0.05) is 0 Å². The first-order valence-electron chi connectivity index (χ1n) is 4.52. The van der Waals surface area contributed by atoms with Gasteiger partial charge in [0.25, 0.3) is 0 Å². The van der Waals surface area contributed by atoms with E-state index in [4.69, 9.17) is 0 Å². The smallest absolute Gasteiger partial charge is 0.000187 e. The van der Waals surface area contributed by atoms with Crippen LogP contribution in [-0.4, -0.2) is 4.43 Å². The van der Waals surface area contributed by atoms with Crippen molar-refractivity contribution in [1.29, 1.82) is 0 Å². The molecule has 2 rings (SSSR count). The van der Waals surface area contributed by atoms with E-state index in [0.717, 1.165) is 11.8 Å². The fourth-order valence-corrected chi connectivity index (χ4v) is 2.62. The lowest BCUT2D eigenvalue weighted by Crippen LogP contribution is -1.83. The van der Waals surface area contributed by atoms with Crippen LogP contribution < -0.4 is 0 Å². The van der Waals surface area contributed by atoms with E-state index in [9.17, 15) is 0 Å². The summed E-state index contributed by atoms with van der Waals surface area (Å²) in [5, 5.41) is 0. The van der Waals surface area contributed by atoms with Crippen LogP contribution >= 0.6 is 22.6 Å². The minimum atomic E-state index is 0.890. The Bertz CT molecular complexity index is 242. The summed E-state index contributed by atoms with van der Waals surface area (Å²) < 4.78 is 1.31. The SMILES string of the molecule is ICCC1CC1c1ccccc1. The van der Waals surface area contributed by atoms with Gasteiger partial charge in [0.15, 0.2) is 0 Å². The van der Waals surface area contributed by atoms with Gasteiger partial charge in [-0.3, -0.25) is 0 Å². The van der Waals surface area contributed by atoms with Gasteiger partial charge < -0.3 is 0 Å². The highest BCUT2D eigenvalue weighted by Gasteiger charge is 2.36. The Kier molecular flexibility index (Phi) is 2.69. The highest BCUT2D eigenvalue weighted by Crippen LogP contribution is 2.49. The molecule has 2 unspecified atom stereocenters. The number of benzene rings is 1. The van der Waals surface area contributed by atoms with Crippen LogP contribution in [0, 0.1) is 5.92 Å². The molecule has 0 saturated heterocycles. The molecular formula is C11H13I. The lowest BCUT2D eigenvalue weighted by atomic mass is 10.1. The zero-order valence-corrected chi connectivity index (χ0v) is 9.20. The Morgan fingerprint density at radius 2 is 2.00 bits per heavy atom. The summed E-state index contributed by atoms with van der Waals surface area (Å²) in [6, 6.07) is 10.9. The maximum atomic E-state index is 2.47. The van der Waals surface area contributed by atoms with Gasteiger partial charge in [0.05, 0.1) is 0 Å². The highest BCUT2D eigenvalue weighted by molar-refractivity contribution is 14.1. The molecule has 12 heavy (non-hydrogen) atoms. The maximum Gasteiger partial charge on any atom is -0.000187 e. The summed E-state index contributed by atoms with van der Waals surface area (Å²) in [6.45, 7) is 0. The Balaban J connectivity index is 1.97. The Labute approximate surface area is 87.5 Å². The quantitative estimate of drug-likeness (QED) is 0.582. The van der Waals surface area contributed by atoms with E-state index in [1.165, 1.54) is 17.3 Å². The van der Waals surface area contributed by atoms with Crippen molar-refractivity contribution in [2.75, 3.05) is 4.43 Å². The third kappa shape index (κ3) is 1.82. The van der Waals surface area contributed by atoms with Crippen LogP contribution in [-0.2, 0) is 0 Å². The van der Waals surface area contributed by atoms with Crippen LogP contribution in [0.2, 0.25) is 0 Å². The fourth-order valence-electron chi connectivity index (χ4n) is 1.82. The van der Waals surface area contributed by atoms with Crippen LogP contribution in [0.3, 0.4) is 0 Å². The highest BCUT2D eigenvalue weighted by atomic mass is 127. The largest absolute Gasteiger partial charge is 0.0864 e. The molecule has 64 valence electrons. The van der Waals surface area contributed by atoms with E-state index in [2.05, 4.69) is 52.9 Å². The number of rotatable bonds is 3. The molecule has 1 aromatic rings. The molecule has 0 N–H and O–H groups in total. The summed E-state index contributed by atoms with van der Waals surface area (Å²) in [5.41, 5.74) is 1.55. The molecule has 0 amide bonds. The summed E-state index contributed by atoms with van der Waals surface area (Å²) in [6.07, 6.45) is 2.83. The predicted molar refractivity (Wildman–Crippen MR) is 60.8 cm³/mol. The van der Waals surface area contributed by atoms with Crippen LogP contribution in [0.4, 0.5) is 0 Å². The molecule has 0 nitrogen and oxygen atoms in total. The second kappa shape index (κ2) is 3.77. The van der Waals surface area contributed by atoms with Crippen molar-refractivity contribution < 1.29 is 0 Å². The molecule has 0 aliphatic heterocycles. The molecule has 0 spiro atoms. The number of alkyl halides is 1. The van der Waals surface area contributed by atoms with E-state index < -0.39 is 0 Å². The lowest BCUT2D eigenvalue weighted by molar-refractivity contribution is 0.782. The average Bonchev–Trinajstić information content (AvgIpc) is 2.87. The van der Waals surface area contributed by atoms with Crippen LogP contribution in [0.1, 0.15) is 24.3 Å². The van der Waals surface area contributed by atoms with E-state index in [1.54, 1.807) is 5.56 Å². The maximum absolute atomic E-state index is 2.47. The summed E-state index contributed by atoms with van der Waals surface area (Å²) in [7, 11) is 0. The van der Waals surface area contributed by atoms with Crippen LogP contribution in [0.15, 0.2) is 30.3 Å². The zero-order chi connectivity index (χ0) is 8.39. The van der Waals surface area contributed by atoms with Gasteiger partial charge in [-0.2, -0.15) is 0 Å². The molecule has 1 heteroatoms. The normalized spacial score (nSPS) is 27.1. The number of halogens is 1. The zero-order valence-electron chi connectivity index (χ0n) is 7.04. The van der Waals surface area contributed by atoms with Gasteiger partial charge in [0.2, 0.25) is 0 Å². The summed E-state index contributed by atoms with van der Waals surface area (Å²) >= 11 is 2.47. The average molecular weight is 272 g/mol. The van der Waals surface area contributed by atoms with Crippen molar-refractivity contribution in [2.24, 2.45) is 5.92 Å². The van der Waals surface area contributed by atoms with E-state index in [0.29, 0.717) is 0 Å². The van der Waals surface area contributed by atoms with Crippen molar-refractivity contribution in [1.82, 2.24) is 0 Å². The van der Waals surface area contributed by atoms with Crippen LogP contribution in [0.25, 0.3) is 0 Å². The lowest BCUT2D eigenvalue weighted by Gasteiger charge is -1.97. The van der Waals surface area contributed by atoms with Gasteiger partial charge in [-0.15, -0.1) is 0 Å². The molecule has 0 radical (unpaired) electrons. The van der Waals surface area contributed by atoms with Crippen LogP contribution in [0.5, 0.6) is 0 Å². The Morgan fingerprint density at radius 1 is 1.25 bits per heavy atom. The summed E-state index contributed by atoms with van der Waals surface area (Å²) in [5.74, 6) is 1.88. The fraction of sp³-hybridized carbons (Fsp3) is 0.455. The monoisotopic (exact) mass is 272 g/mol. The second-order valence-corrected chi connectivity index (χ2v) is 4.57. The van der Waals surface area contributed by atoms with Gasteiger partial charge in [-0.1, -0.05) is 52.9 Å². The standard InChI is InChI=1S/C11H13I/c12-7-6-10-8-11(10)9-4-2-1-3-5-9/h1-5,10-11H,6-8H2. The summed E-state index contributed by atoms with van der Waals surface area (Å²) in [4.78, 5) is 0. The van der Waals surface area contributed by atoms with E-state index >= 15 is 0 Å². The Hall–Kier alpha value is -0.0500. The Morgan fingerprint density at radius 3 is 2.67 bits per heavy atom. The van der Waals surface area contributed by atoms with E-state index in [1.807, 2.05) is 0 Å². The van der Waals surface area contributed by atoms with Crippen molar-refractivity contribution >= 4 is 22.6 Å². The molecule has 2 atom stereocenters. The first-order chi connectivity index (χ1) is 5.92. The molecular weight excluding hydrogens is 259 g/mol. The van der Waals surface area contributed by atoms with Gasteiger partial charge >= 0.3 is 0 Å². The molecule has 1 saturated carbocycles. The van der Waals surface area contributed by atoms with E-state index in [-0.39, 0.29) is 0 Å². The molecule has 0 heterocycles. The third-order valence-electron chi connectivity index (χ3n) is 2.63. The second-order valence-electron chi connectivity index (χ2n) is 3.49. The minimum Gasteiger partial charge on any atom is -0.0864 e. The van der Waals surface area contributed by atoms with Crippen molar-refractivity contribution in [3.8, 4) is 0 Å². The predicted octanol–water partition coefficient (Wildman–Crippen LogP) is 3.62. The van der Waals surface area contributed by atoms with Crippen molar-refractivity contribution in [2.45, 2.75) is 18.8 Å². The third-order valence-corrected chi connectivity index (χ3v) is 3.25. The molecule has 1 fully saturated rings. The molecule has 1 aliphatic rings. The molecule has 0 aromatic heterocycles.